The second-order valence-corrected chi connectivity index (χ2v) is 6.33. The highest BCUT2D eigenvalue weighted by molar-refractivity contribution is 6.34. The molecule has 0 unspecified atom stereocenters. The number of benzene rings is 1. The van der Waals surface area contributed by atoms with E-state index in [0.717, 1.165) is 42.4 Å². The Labute approximate surface area is 133 Å². The molecule has 5 heteroatoms. The van der Waals surface area contributed by atoms with Crippen LogP contribution in [-0.2, 0) is 16.0 Å². The maximum absolute atomic E-state index is 12.3. The Hall–Kier alpha value is -1.32. The van der Waals surface area contributed by atoms with Gasteiger partial charge in [-0.1, -0.05) is 23.2 Å². The van der Waals surface area contributed by atoms with Crippen molar-refractivity contribution < 1.29 is 9.59 Å². The molecule has 1 heterocycles. The minimum atomic E-state index is -0.108. The second kappa shape index (κ2) is 5.82. The zero-order valence-corrected chi connectivity index (χ0v) is 13.0. The van der Waals surface area contributed by atoms with E-state index in [2.05, 4.69) is 0 Å². The summed E-state index contributed by atoms with van der Waals surface area (Å²) < 4.78 is 0. The molecule has 0 bridgehead atoms. The predicted octanol–water partition coefficient (Wildman–Crippen LogP) is 3.78. The molecular formula is C16H15Cl2NO2. The largest absolute Gasteiger partial charge is 0.275 e. The Bertz CT molecular complexity index is 603. The van der Waals surface area contributed by atoms with Crippen molar-refractivity contribution in [3.8, 4) is 0 Å². The van der Waals surface area contributed by atoms with Crippen LogP contribution >= 0.6 is 23.2 Å². The van der Waals surface area contributed by atoms with E-state index in [1.807, 2.05) is 12.1 Å². The number of halogens is 2. The van der Waals surface area contributed by atoms with Crippen molar-refractivity contribution in [2.45, 2.75) is 32.1 Å². The molecule has 0 radical (unpaired) electrons. The molecule has 2 amide bonds. The minimum absolute atomic E-state index is 0.108. The number of amides is 2. The molecule has 3 nitrogen and oxygen atoms in total. The standard InChI is InChI=1S/C16H15Cl2NO2/c17-11-7-10(8-12(18)9-11)5-6-19-15(20)13-3-1-2-4-14(13)16(19)21/h7-9H,1-6H2. The van der Waals surface area contributed by atoms with Crippen LogP contribution in [0.5, 0.6) is 0 Å². The molecule has 0 aromatic heterocycles. The lowest BCUT2D eigenvalue weighted by molar-refractivity contribution is -0.137. The Kier molecular flexibility index (Phi) is 4.05. The van der Waals surface area contributed by atoms with Crippen molar-refractivity contribution in [1.29, 1.82) is 0 Å². The zero-order valence-electron chi connectivity index (χ0n) is 11.5. The van der Waals surface area contributed by atoms with Crippen molar-refractivity contribution in [3.63, 3.8) is 0 Å². The second-order valence-electron chi connectivity index (χ2n) is 5.45. The van der Waals surface area contributed by atoms with Crippen LogP contribution in [-0.4, -0.2) is 23.3 Å². The SMILES string of the molecule is O=C1C2=C(CCCC2)C(=O)N1CCc1cc(Cl)cc(Cl)c1. The van der Waals surface area contributed by atoms with Gasteiger partial charge in [0.25, 0.3) is 11.8 Å². The van der Waals surface area contributed by atoms with Crippen LogP contribution in [0.2, 0.25) is 10.0 Å². The first-order valence-electron chi connectivity index (χ1n) is 7.09. The quantitative estimate of drug-likeness (QED) is 0.794. The summed E-state index contributed by atoms with van der Waals surface area (Å²) in [6, 6.07) is 5.29. The van der Waals surface area contributed by atoms with Gasteiger partial charge in [-0.3, -0.25) is 14.5 Å². The maximum atomic E-state index is 12.3. The summed E-state index contributed by atoms with van der Waals surface area (Å²) in [7, 11) is 0. The number of carbonyl (C=O) groups excluding carboxylic acids is 2. The highest BCUT2D eigenvalue weighted by atomic mass is 35.5. The first-order valence-corrected chi connectivity index (χ1v) is 7.85. The van der Waals surface area contributed by atoms with Gasteiger partial charge in [0, 0.05) is 27.7 Å². The van der Waals surface area contributed by atoms with E-state index in [9.17, 15) is 9.59 Å². The summed E-state index contributed by atoms with van der Waals surface area (Å²) in [5, 5.41) is 1.13. The summed E-state index contributed by atoms with van der Waals surface area (Å²) in [5.41, 5.74) is 2.39. The fraction of sp³-hybridized carbons (Fsp3) is 0.375. The van der Waals surface area contributed by atoms with Gasteiger partial charge in [-0.05, 0) is 55.9 Å². The van der Waals surface area contributed by atoms with Gasteiger partial charge in [0.15, 0.2) is 0 Å². The van der Waals surface area contributed by atoms with Crippen LogP contribution < -0.4 is 0 Å². The van der Waals surface area contributed by atoms with Crippen molar-refractivity contribution >= 4 is 35.0 Å². The van der Waals surface area contributed by atoms with Gasteiger partial charge in [0.1, 0.15) is 0 Å². The van der Waals surface area contributed by atoms with Gasteiger partial charge in [-0.15, -0.1) is 0 Å². The molecule has 1 aromatic rings. The highest BCUT2D eigenvalue weighted by Crippen LogP contribution is 2.33. The fourth-order valence-corrected chi connectivity index (χ4v) is 3.57. The fourth-order valence-electron chi connectivity index (χ4n) is 2.99. The summed E-state index contributed by atoms with van der Waals surface area (Å²) in [4.78, 5) is 26.0. The number of carbonyl (C=O) groups is 2. The highest BCUT2D eigenvalue weighted by Gasteiger charge is 2.38. The van der Waals surface area contributed by atoms with E-state index < -0.39 is 0 Å². The van der Waals surface area contributed by atoms with Gasteiger partial charge < -0.3 is 0 Å². The topological polar surface area (TPSA) is 37.4 Å². The van der Waals surface area contributed by atoms with Gasteiger partial charge in [-0.2, -0.15) is 0 Å². The number of nitrogens with zero attached hydrogens (tertiary/aromatic N) is 1. The Morgan fingerprint density at radius 2 is 1.43 bits per heavy atom. The normalized spacial score (nSPS) is 18.5. The lowest BCUT2D eigenvalue weighted by Gasteiger charge is -2.15. The lowest BCUT2D eigenvalue weighted by Crippen LogP contribution is -2.33. The molecule has 2 aliphatic rings. The van der Waals surface area contributed by atoms with E-state index in [4.69, 9.17) is 23.2 Å². The average molecular weight is 324 g/mol. The number of hydrogen-bond acceptors (Lipinski definition) is 2. The first-order chi connectivity index (χ1) is 10.1. The van der Waals surface area contributed by atoms with Gasteiger partial charge >= 0.3 is 0 Å². The summed E-state index contributed by atoms with van der Waals surface area (Å²) in [5.74, 6) is -0.217. The van der Waals surface area contributed by atoms with Crippen LogP contribution in [0.15, 0.2) is 29.3 Å². The third-order valence-corrected chi connectivity index (χ3v) is 4.46. The Balaban J connectivity index is 1.72. The molecule has 1 aromatic carbocycles. The summed E-state index contributed by atoms with van der Waals surface area (Å²) in [6.07, 6.45) is 4.03. The molecule has 1 aliphatic carbocycles. The molecular weight excluding hydrogens is 309 g/mol. The minimum Gasteiger partial charge on any atom is -0.275 e. The van der Waals surface area contributed by atoms with Crippen molar-refractivity contribution in [2.75, 3.05) is 6.54 Å². The van der Waals surface area contributed by atoms with Crippen LogP contribution in [0, 0.1) is 0 Å². The number of hydrogen-bond donors (Lipinski definition) is 0. The Morgan fingerprint density at radius 1 is 0.905 bits per heavy atom. The van der Waals surface area contributed by atoms with Crippen LogP contribution in [0.4, 0.5) is 0 Å². The lowest BCUT2D eigenvalue weighted by atomic mass is 9.93. The number of imide groups is 1. The number of rotatable bonds is 3. The summed E-state index contributed by atoms with van der Waals surface area (Å²) >= 11 is 11.9. The van der Waals surface area contributed by atoms with Crippen LogP contribution in [0.3, 0.4) is 0 Å². The van der Waals surface area contributed by atoms with Gasteiger partial charge in [0.2, 0.25) is 0 Å². The molecule has 21 heavy (non-hydrogen) atoms. The van der Waals surface area contributed by atoms with Gasteiger partial charge in [0.05, 0.1) is 0 Å². The molecule has 1 aliphatic heterocycles. The van der Waals surface area contributed by atoms with E-state index in [-0.39, 0.29) is 11.8 Å². The third kappa shape index (κ3) is 2.85. The van der Waals surface area contributed by atoms with E-state index in [1.54, 1.807) is 6.07 Å². The van der Waals surface area contributed by atoms with Crippen molar-refractivity contribution in [1.82, 2.24) is 4.90 Å². The maximum Gasteiger partial charge on any atom is 0.257 e. The molecule has 0 atom stereocenters. The van der Waals surface area contributed by atoms with E-state index in [0.29, 0.717) is 23.0 Å². The van der Waals surface area contributed by atoms with Crippen molar-refractivity contribution in [2.24, 2.45) is 0 Å². The van der Waals surface area contributed by atoms with E-state index >= 15 is 0 Å². The molecule has 0 spiro atoms. The van der Waals surface area contributed by atoms with Gasteiger partial charge in [-0.25, -0.2) is 0 Å². The molecule has 0 fully saturated rings. The molecule has 3 rings (SSSR count). The first kappa shape index (κ1) is 14.6. The monoisotopic (exact) mass is 323 g/mol. The summed E-state index contributed by atoms with van der Waals surface area (Å²) in [6.45, 7) is 0.376. The van der Waals surface area contributed by atoms with E-state index in [1.165, 1.54) is 4.90 Å². The third-order valence-electron chi connectivity index (χ3n) is 4.02. The zero-order chi connectivity index (χ0) is 15.0. The average Bonchev–Trinajstić information content (AvgIpc) is 2.69. The van der Waals surface area contributed by atoms with Crippen LogP contribution in [0.1, 0.15) is 31.2 Å². The molecule has 0 N–H and O–H groups in total. The molecule has 0 saturated heterocycles. The molecule has 0 saturated carbocycles. The smallest absolute Gasteiger partial charge is 0.257 e. The molecule has 110 valence electrons. The Morgan fingerprint density at radius 3 is 1.95 bits per heavy atom. The van der Waals surface area contributed by atoms with Crippen molar-refractivity contribution in [3.05, 3.63) is 45.0 Å². The predicted molar refractivity (Wildman–Crippen MR) is 82.4 cm³/mol. The van der Waals surface area contributed by atoms with Crippen LogP contribution in [0.25, 0.3) is 0 Å².